The molecule has 0 atom stereocenters. The summed E-state index contributed by atoms with van der Waals surface area (Å²) in [5.41, 5.74) is 3.98. The Morgan fingerprint density at radius 2 is 1.92 bits per heavy atom. The van der Waals surface area contributed by atoms with Crippen LogP contribution in [-0.4, -0.2) is 18.3 Å². The fourth-order valence-electron chi connectivity index (χ4n) is 2.78. The van der Waals surface area contributed by atoms with Crippen molar-refractivity contribution in [1.29, 1.82) is 0 Å². The van der Waals surface area contributed by atoms with Crippen LogP contribution in [0, 0.1) is 6.92 Å². The highest BCUT2D eigenvalue weighted by Gasteiger charge is 2.22. The van der Waals surface area contributed by atoms with Gasteiger partial charge in [-0.05, 0) is 42.3 Å². The van der Waals surface area contributed by atoms with E-state index >= 15 is 0 Å². The van der Waals surface area contributed by atoms with Crippen molar-refractivity contribution >= 4 is 23.5 Å². The zero-order valence-electron chi connectivity index (χ0n) is 13.8. The largest absolute Gasteiger partial charge is 0.492 e. The van der Waals surface area contributed by atoms with Gasteiger partial charge < -0.3 is 10.1 Å². The minimum absolute atomic E-state index is 0.0112. The first-order chi connectivity index (χ1) is 11.5. The molecule has 0 bridgehead atoms. The summed E-state index contributed by atoms with van der Waals surface area (Å²) in [4.78, 5) is 23.9. The van der Waals surface area contributed by atoms with Crippen LogP contribution in [0.15, 0.2) is 48.0 Å². The van der Waals surface area contributed by atoms with E-state index in [2.05, 4.69) is 5.32 Å². The number of amides is 1. The number of hydrogen-bond acceptors (Lipinski definition) is 3. The molecule has 0 saturated carbocycles. The standard InChI is InChI=1S/C20H19NO3/c1-13-4-3-5-18-19(23)16(10-11-24-20(13)18)12-15-6-8-17(9-7-15)21-14(2)22/h3-9,12H,10-11H2,1-2H3,(H,21,22). The first-order valence-corrected chi connectivity index (χ1v) is 7.90. The fourth-order valence-corrected chi connectivity index (χ4v) is 2.78. The molecule has 4 heteroatoms. The van der Waals surface area contributed by atoms with Crippen LogP contribution in [-0.2, 0) is 4.79 Å². The van der Waals surface area contributed by atoms with Crippen molar-refractivity contribution in [3.63, 3.8) is 0 Å². The third-order valence-corrected chi connectivity index (χ3v) is 3.94. The molecule has 0 saturated heterocycles. The molecule has 0 aliphatic carbocycles. The predicted molar refractivity (Wildman–Crippen MR) is 94.3 cm³/mol. The number of para-hydroxylation sites is 1. The van der Waals surface area contributed by atoms with Crippen LogP contribution >= 0.6 is 0 Å². The number of ether oxygens (including phenoxy) is 1. The normalized spacial score (nSPS) is 15.4. The van der Waals surface area contributed by atoms with Crippen LogP contribution < -0.4 is 10.1 Å². The second-order valence-corrected chi connectivity index (χ2v) is 5.85. The average Bonchev–Trinajstić information content (AvgIpc) is 2.70. The van der Waals surface area contributed by atoms with Gasteiger partial charge in [0.25, 0.3) is 0 Å². The lowest BCUT2D eigenvalue weighted by atomic mass is 9.98. The number of nitrogens with one attached hydrogen (secondary N) is 1. The van der Waals surface area contributed by atoms with E-state index in [1.165, 1.54) is 6.92 Å². The van der Waals surface area contributed by atoms with Gasteiger partial charge in [0, 0.05) is 24.6 Å². The van der Waals surface area contributed by atoms with Gasteiger partial charge in [-0.15, -0.1) is 0 Å². The third kappa shape index (κ3) is 3.38. The minimum Gasteiger partial charge on any atom is -0.492 e. The first-order valence-electron chi connectivity index (χ1n) is 7.90. The summed E-state index contributed by atoms with van der Waals surface area (Å²) in [7, 11) is 0. The molecule has 0 radical (unpaired) electrons. The van der Waals surface area contributed by atoms with Crippen LogP contribution in [0.25, 0.3) is 6.08 Å². The van der Waals surface area contributed by atoms with Crippen LogP contribution in [0.4, 0.5) is 5.69 Å². The Balaban J connectivity index is 1.90. The lowest BCUT2D eigenvalue weighted by Gasteiger charge is -2.08. The maximum atomic E-state index is 12.8. The topological polar surface area (TPSA) is 55.4 Å². The fraction of sp³-hybridized carbons (Fsp3) is 0.200. The number of benzene rings is 2. The second-order valence-electron chi connectivity index (χ2n) is 5.85. The van der Waals surface area contributed by atoms with E-state index in [0.717, 1.165) is 22.4 Å². The number of fused-ring (bicyclic) bond motifs is 1. The summed E-state index contributed by atoms with van der Waals surface area (Å²) in [5.74, 6) is 0.591. The summed E-state index contributed by atoms with van der Waals surface area (Å²) in [6.07, 6.45) is 2.46. The number of hydrogen-bond donors (Lipinski definition) is 1. The summed E-state index contributed by atoms with van der Waals surface area (Å²) in [6.45, 7) is 3.90. The van der Waals surface area contributed by atoms with E-state index in [9.17, 15) is 9.59 Å². The molecule has 1 aliphatic heterocycles. The molecule has 0 spiro atoms. The zero-order valence-corrected chi connectivity index (χ0v) is 13.8. The van der Waals surface area contributed by atoms with Crippen molar-refractivity contribution in [1.82, 2.24) is 0 Å². The van der Waals surface area contributed by atoms with Gasteiger partial charge in [0.2, 0.25) is 5.91 Å². The number of ketones is 1. The predicted octanol–water partition coefficient (Wildman–Crippen LogP) is 4.00. The molecule has 24 heavy (non-hydrogen) atoms. The number of carbonyl (C=O) groups excluding carboxylic acids is 2. The lowest BCUT2D eigenvalue weighted by Crippen LogP contribution is -2.05. The van der Waals surface area contributed by atoms with Crippen molar-refractivity contribution < 1.29 is 14.3 Å². The zero-order chi connectivity index (χ0) is 17.1. The van der Waals surface area contributed by atoms with E-state index in [-0.39, 0.29) is 11.7 Å². The molecule has 1 N–H and O–H groups in total. The summed E-state index contributed by atoms with van der Waals surface area (Å²) < 4.78 is 5.77. The van der Waals surface area contributed by atoms with Gasteiger partial charge in [-0.2, -0.15) is 0 Å². The average molecular weight is 321 g/mol. The molecule has 0 unspecified atom stereocenters. The Labute approximate surface area is 141 Å². The van der Waals surface area contributed by atoms with Crippen LogP contribution in [0.2, 0.25) is 0 Å². The quantitative estimate of drug-likeness (QED) is 0.851. The summed E-state index contributed by atoms with van der Waals surface area (Å²) in [6, 6.07) is 13.0. The van der Waals surface area contributed by atoms with Crippen LogP contribution in [0.3, 0.4) is 0 Å². The minimum atomic E-state index is -0.107. The van der Waals surface area contributed by atoms with Gasteiger partial charge in [0.15, 0.2) is 5.78 Å². The molecule has 1 aliphatic rings. The number of aryl methyl sites for hydroxylation is 1. The van der Waals surface area contributed by atoms with Gasteiger partial charge >= 0.3 is 0 Å². The van der Waals surface area contributed by atoms with E-state index < -0.39 is 0 Å². The monoisotopic (exact) mass is 321 g/mol. The first kappa shape index (κ1) is 16.0. The molecule has 122 valence electrons. The molecule has 2 aromatic carbocycles. The van der Waals surface area contributed by atoms with Crippen molar-refractivity contribution in [2.45, 2.75) is 20.3 Å². The molecule has 3 rings (SSSR count). The highest BCUT2D eigenvalue weighted by molar-refractivity contribution is 6.13. The number of Topliss-reactive ketones (excluding diaryl/α,β-unsaturated/α-hetero) is 1. The van der Waals surface area contributed by atoms with Crippen molar-refractivity contribution in [3.05, 3.63) is 64.7 Å². The Morgan fingerprint density at radius 3 is 2.62 bits per heavy atom. The molecule has 0 aromatic heterocycles. The molecule has 2 aromatic rings. The van der Waals surface area contributed by atoms with Gasteiger partial charge in [0.1, 0.15) is 5.75 Å². The number of rotatable bonds is 2. The number of anilines is 1. The Kier molecular flexibility index (Phi) is 4.47. The SMILES string of the molecule is CC(=O)Nc1ccc(C=C2CCOc3c(C)cccc3C2=O)cc1. The summed E-state index contributed by atoms with van der Waals surface area (Å²) in [5, 5.41) is 2.73. The smallest absolute Gasteiger partial charge is 0.221 e. The third-order valence-electron chi connectivity index (χ3n) is 3.94. The van der Waals surface area contributed by atoms with E-state index in [1.807, 2.05) is 55.5 Å². The van der Waals surface area contributed by atoms with E-state index in [1.54, 1.807) is 0 Å². The van der Waals surface area contributed by atoms with Crippen LogP contribution in [0.5, 0.6) is 5.75 Å². The van der Waals surface area contributed by atoms with Crippen molar-refractivity contribution in [3.8, 4) is 5.75 Å². The van der Waals surface area contributed by atoms with Crippen LogP contribution in [0.1, 0.15) is 34.8 Å². The molecular weight excluding hydrogens is 302 g/mol. The maximum Gasteiger partial charge on any atom is 0.221 e. The second kappa shape index (κ2) is 6.71. The van der Waals surface area contributed by atoms with Gasteiger partial charge in [-0.3, -0.25) is 9.59 Å². The van der Waals surface area contributed by atoms with Gasteiger partial charge in [0.05, 0.1) is 12.2 Å². The molecule has 1 amide bonds. The van der Waals surface area contributed by atoms with Crippen molar-refractivity contribution in [2.24, 2.45) is 0 Å². The molecule has 0 fully saturated rings. The molecule has 4 nitrogen and oxygen atoms in total. The molecular formula is C20H19NO3. The lowest BCUT2D eigenvalue weighted by molar-refractivity contribution is -0.114. The highest BCUT2D eigenvalue weighted by Crippen LogP contribution is 2.30. The Bertz CT molecular complexity index is 819. The number of carbonyl (C=O) groups is 2. The maximum absolute atomic E-state index is 12.8. The molecule has 1 heterocycles. The summed E-state index contributed by atoms with van der Waals surface area (Å²) >= 11 is 0. The Hall–Kier alpha value is -2.88. The van der Waals surface area contributed by atoms with Crippen molar-refractivity contribution in [2.75, 3.05) is 11.9 Å². The highest BCUT2D eigenvalue weighted by atomic mass is 16.5. The van der Waals surface area contributed by atoms with Gasteiger partial charge in [-0.25, -0.2) is 0 Å². The van der Waals surface area contributed by atoms with E-state index in [0.29, 0.717) is 24.3 Å². The van der Waals surface area contributed by atoms with Gasteiger partial charge in [-0.1, -0.05) is 24.3 Å². The van der Waals surface area contributed by atoms with E-state index in [4.69, 9.17) is 4.74 Å². The Morgan fingerprint density at radius 1 is 1.17 bits per heavy atom.